The van der Waals surface area contributed by atoms with Gasteiger partial charge in [-0.1, -0.05) is 0 Å². The monoisotopic (exact) mass is 285 g/mol. The van der Waals surface area contributed by atoms with E-state index in [0.29, 0.717) is 32.0 Å². The van der Waals surface area contributed by atoms with Gasteiger partial charge in [0.15, 0.2) is 11.6 Å². The van der Waals surface area contributed by atoms with Crippen LogP contribution in [0.2, 0.25) is 0 Å². The molecule has 1 aromatic rings. The molecule has 0 radical (unpaired) electrons. The number of hydrogen-bond acceptors (Lipinski definition) is 6. The van der Waals surface area contributed by atoms with Gasteiger partial charge in [-0.2, -0.15) is 0 Å². The van der Waals surface area contributed by atoms with Gasteiger partial charge in [-0.15, -0.1) is 10.2 Å². The second-order valence-corrected chi connectivity index (χ2v) is 6.03. The Balaban J connectivity index is 2.01. The van der Waals surface area contributed by atoms with Crippen LogP contribution < -0.4 is 9.62 Å². The van der Waals surface area contributed by atoms with Gasteiger partial charge in [0.05, 0.1) is 6.26 Å². The molecule has 1 aliphatic heterocycles. The average molecular weight is 285 g/mol. The summed E-state index contributed by atoms with van der Waals surface area (Å²) in [4.78, 5) is 14.3. The van der Waals surface area contributed by atoms with Gasteiger partial charge in [-0.25, -0.2) is 8.42 Å². The van der Waals surface area contributed by atoms with Crippen LogP contribution in [0.5, 0.6) is 0 Å². The number of nitrogens with zero attached hydrogens (tertiary/aromatic N) is 4. The van der Waals surface area contributed by atoms with E-state index in [0.717, 1.165) is 12.7 Å². The van der Waals surface area contributed by atoms with Gasteiger partial charge in [0.2, 0.25) is 16.4 Å². The number of aromatic nitrogens is 2. The van der Waals surface area contributed by atoms with Gasteiger partial charge >= 0.3 is 0 Å². The maximum absolute atomic E-state index is 11.0. The number of rotatable bonds is 4. The van der Waals surface area contributed by atoms with Gasteiger partial charge in [-0.3, -0.25) is 9.52 Å². The summed E-state index contributed by atoms with van der Waals surface area (Å²) in [5.41, 5.74) is 0. The molecular formula is C10H15N5O3S. The van der Waals surface area contributed by atoms with Crippen molar-refractivity contribution in [3.8, 4) is 0 Å². The SMILES string of the molecule is CS(=O)(=O)Nc1ccc(N2CCN(C=O)CC2)nn1. The molecule has 1 fully saturated rings. The molecule has 1 N–H and O–H groups in total. The van der Waals surface area contributed by atoms with Gasteiger partial charge < -0.3 is 9.80 Å². The Hall–Kier alpha value is -1.90. The predicted octanol–water partition coefficient (Wildman–Crippen LogP) is -0.873. The summed E-state index contributed by atoms with van der Waals surface area (Å²) in [7, 11) is -3.34. The second kappa shape index (κ2) is 5.39. The molecule has 8 nitrogen and oxygen atoms in total. The Morgan fingerprint density at radius 1 is 1.21 bits per heavy atom. The molecule has 0 aliphatic carbocycles. The van der Waals surface area contributed by atoms with Crippen LogP contribution in [0.3, 0.4) is 0 Å². The molecule has 0 bridgehead atoms. The number of nitrogens with one attached hydrogen (secondary N) is 1. The number of piperazine rings is 1. The summed E-state index contributed by atoms with van der Waals surface area (Å²) in [5.74, 6) is 0.863. The van der Waals surface area contributed by atoms with Gasteiger partial charge in [0.1, 0.15) is 0 Å². The molecule has 0 atom stereocenters. The van der Waals surface area contributed by atoms with Crippen molar-refractivity contribution in [1.29, 1.82) is 0 Å². The lowest BCUT2D eigenvalue weighted by atomic mass is 10.3. The lowest BCUT2D eigenvalue weighted by Gasteiger charge is -2.32. The minimum atomic E-state index is -3.34. The van der Waals surface area contributed by atoms with Gasteiger partial charge in [0.25, 0.3) is 0 Å². The van der Waals surface area contributed by atoms with Crippen LogP contribution in [0.25, 0.3) is 0 Å². The topological polar surface area (TPSA) is 95.5 Å². The highest BCUT2D eigenvalue weighted by Crippen LogP contribution is 2.14. The normalized spacial score (nSPS) is 16.3. The molecule has 0 unspecified atom stereocenters. The van der Waals surface area contributed by atoms with Crippen molar-refractivity contribution in [3.63, 3.8) is 0 Å². The molecule has 0 saturated carbocycles. The maximum Gasteiger partial charge on any atom is 0.231 e. The number of carbonyl (C=O) groups excluding carboxylic acids is 1. The van der Waals surface area contributed by atoms with Crippen molar-refractivity contribution < 1.29 is 13.2 Å². The van der Waals surface area contributed by atoms with Crippen LogP contribution in [0, 0.1) is 0 Å². The van der Waals surface area contributed by atoms with Gasteiger partial charge in [0, 0.05) is 26.2 Å². The Morgan fingerprint density at radius 3 is 2.37 bits per heavy atom. The minimum Gasteiger partial charge on any atom is -0.352 e. The van der Waals surface area contributed by atoms with Crippen LogP contribution in [0.4, 0.5) is 11.6 Å². The maximum atomic E-state index is 11.0. The molecule has 1 aliphatic rings. The average Bonchev–Trinajstić information content (AvgIpc) is 2.38. The molecule has 0 aromatic carbocycles. The minimum absolute atomic E-state index is 0.192. The van der Waals surface area contributed by atoms with Crippen LogP contribution in [-0.2, 0) is 14.8 Å². The third kappa shape index (κ3) is 3.78. The molecule has 9 heteroatoms. The molecule has 0 spiro atoms. The summed E-state index contributed by atoms with van der Waals surface area (Å²) in [6.45, 7) is 2.67. The first-order chi connectivity index (χ1) is 8.98. The third-order valence-corrected chi connectivity index (χ3v) is 3.31. The first kappa shape index (κ1) is 13.5. The number of carbonyl (C=O) groups is 1. The van der Waals surface area contributed by atoms with Crippen molar-refractivity contribution in [2.45, 2.75) is 0 Å². The Labute approximate surface area is 111 Å². The number of sulfonamides is 1. The smallest absolute Gasteiger partial charge is 0.231 e. The second-order valence-electron chi connectivity index (χ2n) is 4.28. The molecular weight excluding hydrogens is 270 g/mol. The molecule has 2 heterocycles. The third-order valence-electron chi connectivity index (χ3n) is 2.73. The summed E-state index contributed by atoms with van der Waals surface area (Å²) >= 11 is 0. The van der Waals surface area contributed by atoms with Crippen molar-refractivity contribution in [1.82, 2.24) is 15.1 Å². The fourth-order valence-corrected chi connectivity index (χ4v) is 2.28. The van der Waals surface area contributed by atoms with Crippen molar-refractivity contribution in [3.05, 3.63) is 12.1 Å². The Kier molecular flexibility index (Phi) is 3.84. The van der Waals surface area contributed by atoms with E-state index in [-0.39, 0.29) is 5.82 Å². The van der Waals surface area contributed by atoms with Crippen molar-refractivity contribution in [2.24, 2.45) is 0 Å². The highest BCUT2D eigenvalue weighted by molar-refractivity contribution is 7.92. The van der Waals surface area contributed by atoms with Gasteiger partial charge in [-0.05, 0) is 12.1 Å². The lowest BCUT2D eigenvalue weighted by Crippen LogP contribution is -2.46. The molecule has 2 rings (SSSR count). The summed E-state index contributed by atoms with van der Waals surface area (Å²) in [6, 6.07) is 3.27. The van der Waals surface area contributed by atoms with Crippen molar-refractivity contribution >= 4 is 28.1 Å². The first-order valence-electron chi connectivity index (χ1n) is 5.74. The highest BCUT2D eigenvalue weighted by atomic mass is 32.2. The lowest BCUT2D eigenvalue weighted by molar-refractivity contribution is -0.118. The molecule has 1 amide bonds. The van der Waals surface area contributed by atoms with E-state index < -0.39 is 10.0 Å². The Bertz CT molecular complexity index is 537. The zero-order chi connectivity index (χ0) is 13.9. The standard InChI is InChI=1S/C10H15N5O3S/c1-19(17,18)13-9-2-3-10(12-11-9)15-6-4-14(8-16)5-7-15/h2-3,8H,4-7H2,1H3,(H,11,13). The van der Waals surface area contributed by atoms with E-state index >= 15 is 0 Å². The van der Waals surface area contributed by atoms with Crippen LogP contribution in [0.15, 0.2) is 12.1 Å². The number of hydrogen-bond donors (Lipinski definition) is 1. The van der Waals surface area contributed by atoms with E-state index in [4.69, 9.17) is 0 Å². The first-order valence-corrected chi connectivity index (χ1v) is 7.63. The van der Waals surface area contributed by atoms with Crippen LogP contribution in [-0.4, -0.2) is 62.4 Å². The largest absolute Gasteiger partial charge is 0.352 e. The van der Waals surface area contributed by atoms with Crippen molar-refractivity contribution in [2.75, 3.05) is 42.1 Å². The quantitative estimate of drug-likeness (QED) is 0.722. The number of amides is 1. The summed E-state index contributed by atoms with van der Waals surface area (Å²) in [6.07, 6.45) is 1.89. The molecule has 104 valence electrons. The zero-order valence-corrected chi connectivity index (χ0v) is 11.3. The Morgan fingerprint density at radius 2 is 1.89 bits per heavy atom. The van der Waals surface area contributed by atoms with E-state index in [2.05, 4.69) is 14.9 Å². The van der Waals surface area contributed by atoms with E-state index in [1.807, 2.05) is 4.90 Å². The molecule has 1 saturated heterocycles. The zero-order valence-electron chi connectivity index (χ0n) is 10.5. The highest BCUT2D eigenvalue weighted by Gasteiger charge is 2.17. The fraction of sp³-hybridized carbons (Fsp3) is 0.500. The summed E-state index contributed by atoms with van der Waals surface area (Å²) < 4.78 is 24.3. The van der Waals surface area contributed by atoms with E-state index in [9.17, 15) is 13.2 Å². The fourth-order valence-electron chi connectivity index (χ4n) is 1.79. The molecule has 19 heavy (non-hydrogen) atoms. The molecule has 1 aromatic heterocycles. The summed E-state index contributed by atoms with van der Waals surface area (Å²) in [5, 5.41) is 7.79. The van der Waals surface area contributed by atoms with Crippen LogP contribution >= 0.6 is 0 Å². The predicted molar refractivity (Wildman–Crippen MR) is 70.3 cm³/mol. The van der Waals surface area contributed by atoms with E-state index in [1.165, 1.54) is 0 Å². The van der Waals surface area contributed by atoms with E-state index in [1.54, 1.807) is 17.0 Å². The number of anilines is 2. The van der Waals surface area contributed by atoms with Crippen LogP contribution in [0.1, 0.15) is 0 Å².